The average Bonchev–Trinajstić information content (AvgIpc) is 3.10. The first kappa shape index (κ1) is 19.2. The van der Waals surface area contributed by atoms with Gasteiger partial charge in [0.25, 0.3) is 5.91 Å². The Hall–Kier alpha value is -3.59. The molecule has 1 heterocycles. The van der Waals surface area contributed by atoms with E-state index in [0.717, 1.165) is 22.0 Å². The van der Waals surface area contributed by atoms with Crippen LogP contribution in [0.3, 0.4) is 0 Å². The van der Waals surface area contributed by atoms with E-state index >= 15 is 0 Å². The molecule has 0 radical (unpaired) electrons. The summed E-state index contributed by atoms with van der Waals surface area (Å²) in [7, 11) is 0. The quantitative estimate of drug-likeness (QED) is 0.617. The topological polar surface area (TPSA) is 112 Å². The molecule has 3 aromatic rings. The van der Waals surface area contributed by atoms with Gasteiger partial charge in [0.1, 0.15) is 6.07 Å². The van der Waals surface area contributed by atoms with Crippen LogP contribution < -0.4 is 11.1 Å². The fraction of sp³-hybridized carbons (Fsp3) is 0.227. The molecule has 142 valence electrons. The van der Waals surface area contributed by atoms with Crippen molar-refractivity contribution in [1.82, 2.24) is 10.3 Å². The zero-order valence-electron chi connectivity index (χ0n) is 15.9. The van der Waals surface area contributed by atoms with Crippen LogP contribution in [0.1, 0.15) is 40.9 Å². The number of hydrogen-bond acceptors (Lipinski definition) is 3. The second kappa shape index (κ2) is 7.57. The third-order valence-corrected chi connectivity index (χ3v) is 5.05. The molecule has 6 heteroatoms. The monoisotopic (exact) mass is 374 g/mol. The predicted octanol–water partition coefficient (Wildman–Crippen LogP) is 2.77. The first-order valence-corrected chi connectivity index (χ1v) is 9.01. The molecule has 0 unspecified atom stereocenters. The van der Waals surface area contributed by atoms with Gasteiger partial charge in [-0.05, 0) is 55.7 Å². The fourth-order valence-corrected chi connectivity index (χ4v) is 3.02. The molecule has 0 aliphatic rings. The van der Waals surface area contributed by atoms with E-state index < -0.39 is 11.3 Å². The lowest BCUT2D eigenvalue weighted by Crippen LogP contribution is -2.35. The number of fused-ring (bicyclic) bond motifs is 1. The van der Waals surface area contributed by atoms with Crippen LogP contribution in [0.4, 0.5) is 0 Å². The Morgan fingerprint density at radius 1 is 1.18 bits per heavy atom. The van der Waals surface area contributed by atoms with Crippen molar-refractivity contribution in [3.63, 3.8) is 0 Å². The second-order valence-corrected chi connectivity index (χ2v) is 7.27. The van der Waals surface area contributed by atoms with Crippen LogP contribution in [-0.2, 0) is 16.6 Å². The number of nitriles is 1. The van der Waals surface area contributed by atoms with Gasteiger partial charge in [0.2, 0.25) is 5.91 Å². The Morgan fingerprint density at radius 2 is 1.89 bits per heavy atom. The van der Waals surface area contributed by atoms with Crippen molar-refractivity contribution >= 4 is 22.7 Å². The number of aromatic amines is 1. The maximum atomic E-state index is 12.4. The van der Waals surface area contributed by atoms with Crippen molar-refractivity contribution in [2.75, 3.05) is 6.54 Å². The van der Waals surface area contributed by atoms with E-state index in [1.54, 1.807) is 44.3 Å². The lowest BCUT2D eigenvalue weighted by atomic mass is 9.83. The van der Waals surface area contributed by atoms with E-state index in [2.05, 4.69) is 16.4 Å². The maximum absolute atomic E-state index is 12.4. The minimum atomic E-state index is -0.784. The first-order valence-electron chi connectivity index (χ1n) is 9.01. The molecule has 0 fully saturated rings. The van der Waals surface area contributed by atoms with Crippen molar-refractivity contribution < 1.29 is 9.59 Å². The Morgan fingerprint density at radius 3 is 2.54 bits per heavy atom. The number of carbonyl (C=O) groups is 2. The highest BCUT2D eigenvalue weighted by molar-refractivity contribution is 5.94. The summed E-state index contributed by atoms with van der Waals surface area (Å²) < 4.78 is 0. The number of nitrogens with two attached hydrogens (primary N) is 1. The molecule has 4 N–H and O–H groups in total. The molecule has 0 spiro atoms. The highest BCUT2D eigenvalue weighted by Crippen LogP contribution is 2.23. The Labute approximate surface area is 163 Å². The third kappa shape index (κ3) is 3.74. The summed E-state index contributed by atoms with van der Waals surface area (Å²) >= 11 is 0. The highest BCUT2D eigenvalue weighted by atomic mass is 16.2. The SMILES string of the molecule is CC(C)(C(N)=O)c1ccc(C(=O)NCCc2ccc3[nH]cc(C#N)c3c2)cc1. The standard InChI is InChI=1S/C22H22N4O2/c1-22(2,21(24)28)17-6-4-15(5-7-17)20(27)25-10-9-14-3-8-19-18(11-14)16(12-23)13-26-19/h3-8,11,13,26H,9-10H2,1-2H3,(H2,24,28)(H,25,27). The molecule has 2 amide bonds. The van der Waals surface area contributed by atoms with Crippen LogP contribution in [0.5, 0.6) is 0 Å². The largest absolute Gasteiger partial charge is 0.369 e. The van der Waals surface area contributed by atoms with Crippen molar-refractivity contribution in [2.24, 2.45) is 5.73 Å². The molecule has 3 rings (SSSR count). The van der Waals surface area contributed by atoms with Crippen LogP contribution in [0.2, 0.25) is 0 Å². The second-order valence-electron chi connectivity index (χ2n) is 7.27. The zero-order valence-corrected chi connectivity index (χ0v) is 15.9. The molecule has 28 heavy (non-hydrogen) atoms. The van der Waals surface area contributed by atoms with Crippen LogP contribution >= 0.6 is 0 Å². The maximum Gasteiger partial charge on any atom is 0.251 e. The summed E-state index contributed by atoms with van der Waals surface area (Å²) in [6.45, 7) is 3.98. The number of benzene rings is 2. The summed E-state index contributed by atoms with van der Waals surface area (Å²) in [6.07, 6.45) is 2.35. The van der Waals surface area contributed by atoms with Crippen LogP contribution in [0, 0.1) is 11.3 Å². The van der Waals surface area contributed by atoms with Crippen molar-refractivity contribution in [3.8, 4) is 6.07 Å². The number of nitrogens with one attached hydrogen (secondary N) is 2. The van der Waals surface area contributed by atoms with E-state index in [9.17, 15) is 9.59 Å². The van der Waals surface area contributed by atoms with Gasteiger partial charge < -0.3 is 16.0 Å². The zero-order chi connectivity index (χ0) is 20.3. The van der Waals surface area contributed by atoms with Gasteiger partial charge in [0.05, 0.1) is 11.0 Å². The van der Waals surface area contributed by atoms with Gasteiger partial charge in [-0.25, -0.2) is 0 Å². The lowest BCUT2D eigenvalue weighted by Gasteiger charge is -2.21. The molecule has 2 aromatic carbocycles. The van der Waals surface area contributed by atoms with Crippen LogP contribution in [0.25, 0.3) is 10.9 Å². The number of carbonyl (C=O) groups excluding carboxylic acids is 2. The minimum absolute atomic E-state index is 0.177. The smallest absolute Gasteiger partial charge is 0.251 e. The molecule has 0 saturated heterocycles. The van der Waals surface area contributed by atoms with Gasteiger partial charge in [-0.3, -0.25) is 9.59 Å². The fourth-order valence-electron chi connectivity index (χ4n) is 3.02. The summed E-state index contributed by atoms with van der Waals surface area (Å²) in [5, 5.41) is 12.9. The average molecular weight is 374 g/mol. The molecular weight excluding hydrogens is 352 g/mol. The van der Waals surface area contributed by atoms with Gasteiger partial charge in [0.15, 0.2) is 0 Å². The first-order chi connectivity index (χ1) is 13.3. The summed E-state index contributed by atoms with van der Waals surface area (Å²) in [5.74, 6) is -0.590. The van der Waals surface area contributed by atoms with Crippen LogP contribution in [0.15, 0.2) is 48.7 Å². The van der Waals surface area contributed by atoms with Crippen molar-refractivity contribution in [2.45, 2.75) is 25.7 Å². The summed E-state index contributed by atoms with van der Waals surface area (Å²) in [4.78, 5) is 27.0. The third-order valence-electron chi connectivity index (χ3n) is 5.05. The van der Waals surface area contributed by atoms with Crippen molar-refractivity contribution in [3.05, 3.63) is 70.9 Å². The number of H-pyrrole nitrogens is 1. The van der Waals surface area contributed by atoms with Gasteiger partial charge in [-0.2, -0.15) is 5.26 Å². The number of hydrogen-bond donors (Lipinski definition) is 3. The normalized spacial score (nSPS) is 11.2. The number of amides is 2. The van der Waals surface area contributed by atoms with E-state index in [1.807, 2.05) is 18.2 Å². The number of nitrogens with zero attached hydrogens (tertiary/aromatic N) is 1. The predicted molar refractivity (Wildman–Crippen MR) is 108 cm³/mol. The summed E-state index contributed by atoms with van der Waals surface area (Å²) in [6, 6.07) is 14.9. The van der Waals surface area contributed by atoms with E-state index in [1.165, 1.54) is 0 Å². The Bertz CT molecular complexity index is 1070. The molecule has 0 bridgehead atoms. The number of rotatable bonds is 6. The van der Waals surface area contributed by atoms with Crippen LogP contribution in [-0.4, -0.2) is 23.3 Å². The van der Waals surface area contributed by atoms with E-state index in [4.69, 9.17) is 11.0 Å². The Balaban J connectivity index is 1.61. The molecule has 0 atom stereocenters. The Kier molecular flexibility index (Phi) is 5.18. The van der Waals surface area contributed by atoms with E-state index in [0.29, 0.717) is 24.1 Å². The highest BCUT2D eigenvalue weighted by Gasteiger charge is 2.27. The van der Waals surface area contributed by atoms with Crippen molar-refractivity contribution in [1.29, 1.82) is 5.26 Å². The molecule has 0 saturated carbocycles. The molecule has 0 aliphatic carbocycles. The molecule has 1 aromatic heterocycles. The number of aromatic nitrogens is 1. The van der Waals surface area contributed by atoms with Gasteiger partial charge in [-0.1, -0.05) is 18.2 Å². The molecule has 0 aliphatic heterocycles. The van der Waals surface area contributed by atoms with Gasteiger partial charge in [0, 0.05) is 29.2 Å². The number of primary amides is 1. The van der Waals surface area contributed by atoms with Gasteiger partial charge >= 0.3 is 0 Å². The minimum Gasteiger partial charge on any atom is -0.369 e. The summed E-state index contributed by atoms with van der Waals surface area (Å²) in [5.41, 5.74) is 8.51. The van der Waals surface area contributed by atoms with Gasteiger partial charge in [-0.15, -0.1) is 0 Å². The lowest BCUT2D eigenvalue weighted by molar-refractivity contribution is -0.122. The molecule has 6 nitrogen and oxygen atoms in total. The molecular formula is C22H22N4O2. The van der Waals surface area contributed by atoms with E-state index in [-0.39, 0.29) is 5.91 Å².